The third-order valence-corrected chi connectivity index (χ3v) is 5.00. The third kappa shape index (κ3) is 2.97. The normalized spacial score (nSPS) is 25.3. The van der Waals surface area contributed by atoms with Crippen molar-refractivity contribution in [1.82, 2.24) is 0 Å². The molecule has 2 aliphatic rings. The molecule has 0 bridgehead atoms. The summed E-state index contributed by atoms with van der Waals surface area (Å²) in [7, 11) is 0. The van der Waals surface area contributed by atoms with Crippen LogP contribution in [-0.4, -0.2) is 23.7 Å². The molecule has 1 aromatic rings. The van der Waals surface area contributed by atoms with Crippen LogP contribution in [0.4, 0.5) is 5.69 Å². The van der Waals surface area contributed by atoms with Crippen LogP contribution in [0.1, 0.15) is 43.2 Å². The molecule has 1 aromatic carbocycles. The maximum Gasteiger partial charge on any atom is 0.328 e. The van der Waals surface area contributed by atoms with E-state index in [1.54, 1.807) is 6.08 Å². The minimum absolute atomic E-state index is 0.721. The van der Waals surface area contributed by atoms with Gasteiger partial charge in [0.1, 0.15) is 0 Å². The van der Waals surface area contributed by atoms with Crippen molar-refractivity contribution in [2.24, 2.45) is 5.92 Å². The fourth-order valence-electron chi connectivity index (χ4n) is 3.91. The molecule has 21 heavy (non-hydrogen) atoms. The van der Waals surface area contributed by atoms with E-state index in [4.69, 9.17) is 5.11 Å². The number of hydrogen-bond donors (Lipinski definition) is 1. The van der Waals surface area contributed by atoms with Gasteiger partial charge in [-0.25, -0.2) is 4.79 Å². The van der Waals surface area contributed by atoms with Crippen molar-refractivity contribution in [1.29, 1.82) is 0 Å². The van der Waals surface area contributed by atoms with E-state index in [0.717, 1.165) is 23.1 Å². The van der Waals surface area contributed by atoms with Gasteiger partial charge in [-0.15, -0.1) is 0 Å². The SMILES string of the molecule is Cc1cc(N2CCC3CCCCC32)ccc1/C=C/C(=O)O. The number of benzene rings is 1. The molecule has 0 amide bonds. The van der Waals surface area contributed by atoms with Crippen LogP contribution in [-0.2, 0) is 4.79 Å². The molecule has 1 aliphatic carbocycles. The zero-order chi connectivity index (χ0) is 14.8. The molecule has 0 aromatic heterocycles. The van der Waals surface area contributed by atoms with Crippen molar-refractivity contribution in [3.8, 4) is 0 Å². The molecule has 1 N–H and O–H groups in total. The molecule has 0 radical (unpaired) electrons. The Morgan fingerprint density at radius 3 is 2.86 bits per heavy atom. The zero-order valence-electron chi connectivity index (χ0n) is 12.6. The van der Waals surface area contributed by atoms with E-state index in [9.17, 15) is 4.79 Å². The number of nitrogens with zero attached hydrogens (tertiary/aromatic N) is 1. The Labute approximate surface area is 126 Å². The number of aliphatic carboxylic acids is 1. The molecule has 2 atom stereocenters. The van der Waals surface area contributed by atoms with Crippen LogP contribution in [0.5, 0.6) is 0 Å². The lowest BCUT2D eigenvalue weighted by Crippen LogP contribution is -2.34. The highest BCUT2D eigenvalue weighted by Crippen LogP contribution is 2.39. The third-order valence-electron chi connectivity index (χ3n) is 5.00. The first kappa shape index (κ1) is 14.2. The van der Waals surface area contributed by atoms with E-state index >= 15 is 0 Å². The van der Waals surface area contributed by atoms with Crippen LogP contribution in [0.2, 0.25) is 0 Å². The molecular formula is C18H23NO2. The van der Waals surface area contributed by atoms with Crippen LogP contribution >= 0.6 is 0 Å². The lowest BCUT2D eigenvalue weighted by atomic mass is 9.85. The van der Waals surface area contributed by atoms with Crippen molar-refractivity contribution in [2.75, 3.05) is 11.4 Å². The maximum atomic E-state index is 10.6. The summed E-state index contributed by atoms with van der Waals surface area (Å²) in [6, 6.07) is 7.11. The van der Waals surface area contributed by atoms with Gasteiger partial charge in [0, 0.05) is 24.4 Å². The van der Waals surface area contributed by atoms with Gasteiger partial charge in [-0.2, -0.15) is 0 Å². The number of aryl methyl sites for hydroxylation is 1. The van der Waals surface area contributed by atoms with Gasteiger partial charge in [-0.3, -0.25) is 0 Å². The predicted octanol–water partition coefficient (Wildman–Crippen LogP) is 3.86. The smallest absolute Gasteiger partial charge is 0.328 e. The number of anilines is 1. The van der Waals surface area contributed by atoms with Crippen molar-refractivity contribution >= 4 is 17.7 Å². The van der Waals surface area contributed by atoms with Crippen LogP contribution in [0.25, 0.3) is 6.08 Å². The molecule has 3 nitrogen and oxygen atoms in total. The summed E-state index contributed by atoms with van der Waals surface area (Å²) < 4.78 is 0. The Morgan fingerprint density at radius 2 is 2.10 bits per heavy atom. The van der Waals surface area contributed by atoms with E-state index in [1.165, 1.54) is 50.4 Å². The number of carbonyl (C=O) groups is 1. The lowest BCUT2D eigenvalue weighted by Gasteiger charge is -2.33. The van der Waals surface area contributed by atoms with Gasteiger partial charge in [0.25, 0.3) is 0 Å². The van der Waals surface area contributed by atoms with Crippen LogP contribution in [0, 0.1) is 12.8 Å². The highest BCUT2D eigenvalue weighted by Gasteiger charge is 2.35. The summed E-state index contributed by atoms with van der Waals surface area (Å²) in [4.78, 5) is 13.2. The quantitative estimate of drug-likeness (QED) is 0.857. The molecular weight excluding hydrogens is 262 g/mol. The highest BCUT2D eigenvalue weighted by molar-refractivity contribution is 5.85. The fourth-order valence-corrected chi connectivity index (χ4v) is 3.91. The first-order valence-electron chi connectivity index (χ1n) is 7.93. The first-order valence-corrected chi connectivity index (χ1v) is 7.93. The summed E-state index contributed by atoms with van der Waals surface area (Å²) in [6.45, 7) is 3.22. The minimum Gasteiger partial charge on any atom is -0.478 e. The molecule has 3 rings (SSSR count). The second kappa shape index (κ2) is 5.92. The Bertz CT molecular complexity index is 564. The molecule has 1 saturated carbocycles. The fraction of sp³-hybridized carbons (Fsp3) is 0.500. The first-order chi connectivity index (χ1) is 10.1. The number of carboxylic acids is 1. The Kier molecular flexibility index (Phi) is 4.00. The number of hydrogen-bond acceptors (Lipinski definition) is 2. The highest BCUT2D eigenvalue weighted by atomic mass is 16.4. The number of carboxylic acid groups (broad SMARTS) is 1. The van der Waals surface area contributed by atoms with Gasteiger partial charge in [0.2, 0.25) is 0 Å². The van der Waals surface area contributed by atoms with E-state index in [0.29, 0.717) is 0 Å². The second-order valence-electron chi connectivity index (χ2n) is 6.31. The molecule has 3 heteroatoms. The molecule has 1 aliphatic heterocycles. The molecule has 2 fully saturated rings. The predicted molar refractivity (Wildman–Crippen MR) is 85.6 cm³/mol. The topological polar surface area (TPSA) is 40.5 Å². The Morgan fingerprint density at radius 1 is 1.29 bits per heavy atom. The van der Waals surface area contributed by atoms with Crippen LogP contribution in [0.15, 0.2) is 24.3 Å². The maximum absolute atomic E-state index is 10.6. The molecule has 1 heterocycles. The second-order valence-corrected chi connectivity index (χ2v) is 6.31. The van der Waals surface area contributed by atoms with Crippen molar-refractivity contribution in [3.05, 3.63) is 35.4 Å². The summed E-state index contributed by atoms with van der Waals surface area (Å²) in [5, 5.41) is 8.73. The van der Waals surface area contributed by atoms with Gasteiger partial charge in [-0.1, -0.05) is 18.9 Å². The standard InChI is InChI=1S/C18H23NO2/c1-13-12-16(8-6-14(13)7-9-18(20)21)19-11-10-15-4-2-3-5-17(15)19/h6-9,12,15,17H,2-5,10-11H2,1H3,(H,20,21)/b9-7+. The van der Waals surface area contributed by atoms with Gasteiger partial charge >= 0.3 is 5.97 Å². The largest absolute Gasteiger partial charge is 0.478 e. The average Bonchev–Trinajstić information content (AvgIpc) is 2.89. The average molecular weight is 285 g/mol. The molecule has 0 spiro atoms. The van der Waals surface area contributed by atoms with E-state index in [2.05, 4.69) is 24.0 Å². The molecule has 1 saturated heterocycles. The van der Waals surface area contributed by atoms with E-state index in [-0.39, 0.29) is 0 Å². The minimum atomic E-state index is -0.900. The number of fused-ring (bicyclic) bond motifs is 1. The van der Waals surface area contributed by atoms with Gasteiger partial charge in [-0.05, 0) is 61.4 Å². The zero-order valence-corrected chi connectivity index (χ0v) is 12.6. The van der Waals surface area contributed by atoms with Crippen LogP contribution in [0.3, 0.4) is 0 Å². The molecule has 112 valence electrons. The summed E-state index contributed by atoms with van der Waals surface area (Å²) in [6.07, 6.45) is 9.67. The van der Waals surface area contributed by atoms with E-state index in [1.807, 2.05) is 6.07 Å². The van der Waals surface area contributed by atoms with E-state index < -0.39 is 5.97 Å². The van der Waals surface area contributed by atoms with Crippen molar-refractivity contribution < 1.29 is 9.90 Å². The lowest BCUT2D eigenvalue weighted by molar-refractivity contribution is -0.131. The van der Waals surface area contributed by atoms with Crippen LogP contribution < -0.4 is 4.90 Å². The van der Waals surface area contributed by atoms with Gasteiger partial charge < -0.3 is 10.0 Å². The summed E-state index contributed by atoms with van der Waals surface area (Å²) in [5.74, 6) is -0.0197. The van der Waals surface area contributed by atoms with Crippen molar-refractivity contribution in [3.63, 3.8) is 0 Å². The summed E-state index contributed by atoms with van der Waals surface area (Å²) in [5.41, 5.74) is 3.43. The molecule has 2 unspecified atom stereocenters. The monoisotopic (exact) mass is 285 g/mol. The summed E-state index contributed by atoms with van der Waals surface area (Å²) >= 11 is 0. The van der Waals surface area contributed by atoms with Crippen molar-refractivity contribution in [2.45, 2.75) is 45.1 Å². The Hall–Kier alpha value is -1.77. The Balaban J connectivity index is 1.80. The number of rotatable bonds is 3. The van der Waals surface area contributed by atoms with Gasteiger partial charge in [0.15, 0.2) is 0 Å². The van der Waals surface area contributed by atoms with Gasteiger partial charge in [0.05, 0.1) is 0 Å².